The SMILES string of the molecule is CC(C)(C)OC(=O)N1CC[C@H](N)C[C@@H]1C(=O)O. The summed E-state index contributed by atoms with van der Waals surface area (Å²) in [5.41, 5.74) is 5.09. The van der Waals surface area contributed by atoms with Gasteiger partial charge >= 0.3 is 12.1 Å². The van der Waals surface area contributed by atoms with Crippen LogP contribution in [0.25, 0.3) is 0 Å². The Bertz CT molecular complexity index is 311. The van der Waals surface area contributed by atoms with Crippen molar-refractivity contribution >= 4 is 12.1 Å². The minimum Gasteiger partial charge on any atom is -0.480 e. The predicted molar refractivity (Wildman–Crippen MR) is 61.6 cm³/mol. The van der Waals surface area contributed by atoms with E-state index in [1.165, 1.54) is 4.90 Å². The molecule has 6 heteroatoms. The first-order chi connectivity index (χ1) is 7.70. The number of aliphatic carboxylic acids is 1. The Morgan fingerprint density at radius 1 is 1.41 bits per heavy atom. The number of hydrogen-bond donors (Lipinski definition) is 2. The summed E-state index contributed by atoms with van der Waals surface area (Å²) in [6.45, 7) is 5.57. The summed E-state index contributed by atoms with van der Waals surface area (Å²) >= 11 is 0. The molecule has 1 saturated heterocycles. The van der Waals surface area contributed by atoms with Crippen LogP contribution in [0.3, 0.4) is 0 Å². The number of carbonyl (C=O) groups excluding carboxylic acids is 1. The van der Waals surface area contributed by atoms with Crippen LogP contribution in [0.5, 0.6) is 0 Å². The highest BCUT2D eigenvalue weighted by Crippen LogP contribution is 2.20. The van der Waals surface area contributed by atoms with Crippen LogP contribution < -0.4 is 5.73 Å². The summed E-state index contributed by atoms with van der Waals surface area (Å²) in [7, 11) is 0. The third-order valence-corrected chi connectivity index (χ3v) is 2.56. The quantitative estimate of drug-likeness (QED) is 0.711. The Hall–Kier alpha value is -1.30. The van der Waals surface area contributed by atoms with Crippen molar-refractivity contribution in [1.82, 2.24) is 4.90 Å². The Morgan fingerprint density at radius 3 is 2.47 bits per heavy atom. The van der Waals surface area contributed by atoms with Gasteiger partial charge in [-0.15, -0.1) is 0 Å². The number of likely N-dealkylation sites (tertiary alicyclic amines) is 1. The minimum absolute atomic E-state index is 0.171. The van der Waals surface area contributed by atoms with Gasteiger partial charge in [0.1, 0.15) is 11.6 Å². The molecule has 1 amide bonds. The average Bonchev–Trinajstić information content (AvgIpc) is 2.14. The van der Waals surface area contributed by atoms with E-state index in [0.29, 0.717) is 13.0 Å². The van der Waals surface area contributed by atoms with Gasteiger partial charge in [0.15, 0.2) is 0 Å². The summed E-state index contributed by atoms with van der Waals surface area (Å²) in [5.74, 6) is -1.04. The van der Waals surface area contributed by atoms with Crippen LogP contribution in [-0.4, -0.2) is 46.3 Å². The number of nitrogens with zero attached hydrogens (tertiary/aromatic N) is 1. The molecule has 0 aromatic rings. The molecule has 0 saturated carbocycles. The van der Waals surface area contributed by atoms with Crippen molar-refractivity contribution in [2.45, 2.75) is 51.3 Å². The number of rotatable bonds is 1. The van der Waals surface area contributed by atoms with E-state index in [0.717, 1.165) is 0 Å². The largest absolute Gasteiger partial charge is 0.480 e. The number of nitrogens with two attached hydrogens (primary N) is 1. The first-order valence-electron chi connectivity index (χ1n) is 5.68. The Kier molecular flexibility index (Phi) is 3.98. The van der Waals surface area contributed by atoms with E-state index in [2.05, 4.69) is 0 Å². The topological polar surface area (TPSA) is 92.9 Å². The maximum absolute atomic E-state index is 11.8. The van der Waals surface area contributed by atoms with Crippen LogP contribution >= 0.6 is 0 Å². The first kappa shape index (κ1) is 13.8. The van der Waals surface area contributed by atoms with Gasteiger partial charge in [0.05, 0.1) is 0 Å². The molecule has 6 nitrogen and oxygen atoms in total. The molecule has 0 aromatic heterocycles. The van der Waals surface area contributed by atoms with E-state index in [1.807, 2.05) is 0 Å². The molecule has 0 radical (unpaired) electrons. The standard InChI is InChI=1S/C11H20N2O4/c1-11(2,3)17-10(16)13-5-4-7(12)6-8(13)9(14)15/h7-8H,4-6,12H2,1-3H3,(H,14,15)/t7-,8+/m0/s1. The van der Waals surface area contributed by atoms with E-state index in [9.17, 15) is 9.59 Å². The second-order valence-corrected chi connectivity index (χ2v) is 5.31. The normalized spacial score (nSPS) is 25.5. The summed E-state index contributed by atoms with van der Waals surface area (Å²) in [4.78, 5) is 24.2. The van der Waals surface area contributed by atoms with Crippen molar-refractivity contribution in [1.29, 1.82) is 0 Å². The number of amides is 1. The molecule has 0 bridgehead atoms. The van der Waals surface area contributed by atoms with Crippen molar-refractivity contribution in [2.24, 2.45) is 5.73 Å². The maximum atomic E-state index is 11.8. The highest BCUT2D eigenvalue weighted by Gasteiger charge is 2.37. The highest BCUT2D eigenvalue weighted by atomic mass is 16.6. The lowest BCUT2D eigenvalue weighted by Crippen LogP contribution is -2.54. The van der Waals surface area contributed by atoms with Crippen LogP contribution in [0, 0.1) is 0 Å². The van der Waals surface area contributed by atoms with Crippen LogP contribution in [0.2, 0.25) is 0 Å². The van der Waals surface area contributed by atoms with Gasteiger partial charge in [-0.25, -0.2) is 9.59 Å². The van der Waals surface area contributed by atoms with Gasteiger partial charge in [-0.2, -0.15) is 0 Å². The fourth-order valence-corrected chi connectivity index (χ4v) is 1.77. The molecule has 0 aromatic carbocycles. The molecule has 1 rings (SSSR count). The van der Waals surface area contributed by atoms with Crippen molar-refractivity contribution in [3.05, 3.63) is 0 Å². The van der Waals surface area contributed by atoms with Gasteiger partial charge in [0.25, 0.3) is 0 Å². The van der Waals surface area contributed by atoms with Crippen molar-refractivity contribution in [3.8, 4) is 0 Å². The second kappa shape index (κ2) is 4.91. The van der Waals surface area contributed by atoms with E-state index >= 15 is 0 Å². The molecule has 1 heterocycles. The molecule has 98 valence electrons. The van der Waals surface area contributed by atoms with Crippen LogP contribution in [0.4, 0.5) is 4.79 Å². The highest BCUT2D eigenvalue weighted by molar-refractivity contribution is 5.80. The van der Waals surface area contributed by atoms with Crippen LogP contribution in [0.15, 0.2) is 0 Å². The number of carboxylic acid groups (broad SMARTS) is 1. The zero-order valence-electron chi connectivity index (χ0n) is 10.5. The zero-order valence-corrected chi connectivity index (χ0v) is 10.5. The molecule has 1 fully saturated rings. The number of carboxylic acids is 1. The molecule has 1 aliphatic rings. The van der Waals surface area contributed by atoms with Gasteiger partial charge in [-0.05, 0) is 33.6 Å². The van der Waals surface area contributed by atoms with Gasteiger partial charge < -0.3 is 15.6 Å². The summed E-state index contributed by atoms with van der Waals surface area (Å²) in [5, 5.41) is 9.07. The lowest BCUT2D eigenvalue weighted by Gasteiger charge is -2.36. The van der Waals surface area contributed by atoms with Crippen LogP contribution in [0.1, 0.15) is 33.6 Å². The molecule has 1 aliphatic heterocycles. The van der Waals surface area contributed by atoms with Crippen LogP contribution in [-0.2, 0) is 9.53 Å². The molecular weight excluding hydrogens is 224 g/mol. The fraction of sp³-hybridized carbons (Fsp3) is 0.818. The molecule has 3 N–H and O–H groups in total. The van der Waals surface area contributed by atoms with Gasteiger partial charge in [0, 0.05) is 12.6 Å². The number of carbonyl (C=O) groups is 2. The van der Waals surface area contributed by atoms with Gasteiger partial charge in [0.2, 0.25) is 0 Å². The van der Waals surface area contributed by atoms with Crippen molar-refractivity contribution in [2.75, 3.05) is 6.54 Å². The summed E-state index contributed by atoms with van der Waals surface area (Å²) in [6, 6.07) is -1.05. The monoisotopic (exact) mass is 244 g/mol. The zero-order chi connectivity index (χ0) is 13.2. The van der Waals surface area contributed by atoms with E-state index < -0.39 is 23.7 Å². The molecule has 0 aliphatic carbocycles. The average molecular weight is 244 g/mol. The van der Waals surface area contributed by atoms with Crippen molar-refractivity contribution in [3.63, 3.8) is 0 Å². The lowest BCUT2D eigenvalue weighted by molar-refractivity contribution is -0.144. The van der Waals surface area contributed by atoms with Gasteiger partial charge in [-0.3, -0.25) is 4.90 Å². The Morgan fingerprint density at radius 2 is 2.00 bits per heavy atom. The number of ether oxygens (including phenoxy) is 1. The van der Waals surface area contributed by atoms with Gasteiger partial charge in [-0.1, -0.05) is 0 Å². The number of hydrogen-bond acceptors (Lipinski definition) is 4. The third kappa shape index (κ3) is 3.89. The first-order valence-corrected chi connectivity index (χ1v) is 5.68. The minimum atomic E-state index is -1.04. The van der Waals surface area contributed by atoms with E-state index in [-0.39, 0.29) is 12.5 Å². The summed E-state index contributed by atoms with van der Waals surface area (Å²) < 4.78 is 5.18. The molecular formula is C11H20N2O4. The molecule has 0 unspecified atom stereocenters. The number of piperidine rings is 1. The predicted octanol–water partition coefficient (Wildman–Crippen LogP) is 0.798. The maximum Gasteiger partial charge on any atom is 0.411 e. The fourth-order valence-electron chi connectivity index (χ4n) is 1.77. The third-order valence-electron chi connectivity index (χ3n) is 2.56. The molecule has 17 heavy (non-hydrogen) atoms. The van der Waals surface area contributed by atoms with E-state index in [1.54, 1.807) is 20.8 Å². The van der Waals surface area contributed by atoms with Crippen molar-refractivity contribution < 1.29 is 19.4 Å². The van der Waals surface area contributed by atoms with E-state index in [4.69, 9.17) is 15.6 Å². The lowest BCUT2D eigenvalue weighted by atomic mass is 9.98. The smallest absolute Gasteiger partial charge is 0.411 e. The Balaban J connectivity index is 2.73. The summed E-state index contributed by atoms with van der Waals surface area (Å²) in [6.07, 6.45) is 0.286. The molecule has 2 atom stereocenters. The Labute approximate surface area is 101 Å². The second-order valence-electron chi connectivity index (χ2n) is 5.31. The molecule has 0 spiro atoms.